The van der Waals surface area contributed by atoms with Gasteiger partial charge in [-0.25, -0.2) is 0 Å². The standard InChI is InChI=1S/C40H42N4/c1-3-12-37-31(10-1)23-33-14-16-35(25-39(33)37)43-20-6-18-41-27-29-8-5-9-30(22-29)28-42-19-7-21-44-36-17-15-34-24-32-11-2-4-13-38(32)40(34)26-36/h1-5,8-17,22,25-26,41-44H,6-7,18-21,23-24,27-28H2. The molecule has 5 aromatic carbocycles. The summed E-state index contributed by atoms with van der Waals surface area (Å²) in [6, 6.07) is 40.1. The van der Waals surface area contributed by atoms with Crippen molar-refractivity contribution < 1.29 is 0 Å². The minimum absolute atomic E-state index is 0.901. The molecule has 5 aromatic rings. The Bertz CT molecular complexity index is 1620. The van der Waals surface area contributed by atoms with E-state index >= 15 is 0 Å². The van der Waals surface area contributed by atoms with Crippen LogP contribution in [0.2, 0.25) is 0 Å². The number of hydrogen-bond acceptors (Lipinski definition) is 4. The average molecular weight is 579 g/mol. The molecule has 0 bridgehead atoms. The predicted molar refractivity (Wildman–Crippen MR) is 185 cm³/mol. The lowest BCUT2D eigenvalue weighted by molar-refractivity contribution is 0.654. The molecule has 0 amide bonds. The van der Waals surface area contributed by atoms with E-state index in [1.807, 2.05) is 0 Å². The van der Waals surface area contributed by atoms with Crippen LogP contribution >= 0.6 is 0 Å². The topological polar surface area (TPSA) is 48.1 Å². The van der Waals surface area contributed by atoms with Crippen molar-refractivity contribution in [2.75, 3.05) is 36.8 Å². The van der Waals surface area contributed by atoms with Crippen molar-refractivity contribution >= 4 is 11.4 Å². The normalized spacial score (nSPS) is 12.4. The highest BCUT2D eigenvalue weighted by molar-refractivity contribution is 5.80. The Hall–Kier alpha value is -4.38. The number of rotatable bonds is 14. The summed E-state index contributed by atoms with van der Waals surface area (Å²) in [5.41, 5.74) is 16.4. The highest BCUT2D eigenvalue weighted by Gasteiger charge is 2.18. The van der Waals surface area contributed by atoms with Gasteiger partial charge in [0.15, 0.2) is 0 Å². The van der Waals surface area contributed by atoms with Crippen LogP contribution in [0.25, 0.3) is 22.3 Å². The van der Waals surface area contributed by atoms with Crippen molar-refractivity contribution in [3.8, 4) is 22.3 Å². The third-order valence-corrected chi connectivity index (χ3v) is 8.97. The summed E-state index contributed by atoms with van der Waals surface area (Å²) in [7, 11) is 0. The second-order valence-corrected chi connectivity index (χ2v) is 12.1. The lowest BCUT2D eigenvalue weighted by atomic mass is 10.1. The van der Waals surface area contributed by atoms with E-state index in [9.17, 15) is 0 Å². The van der Waals surface area contributed by atoms with Crippen molar-refractivity contribution in [2.24, 2.45) is 0 Å². The van der Waals surface area contributed by atoms with E-state index in [-0.39, 0.29) is 0 Å². The van der Waals surface area contributed by atoms with Crippen molar-refractivity contribution in [3.63, 3.8) is 0 Å². The first-order chi connectivity index (χ1) is 21.8. The maximum absolute atomic E-state index is 3.62. The lowest BCUT2D eigenvalue weighted by Gasteiger charge is -2.11. The number of hydrogen-bond donors (Lipinski definition) is 4. The minimum atomic E-state index is 0.901. The smallest absolute Gasteiger partial charge is 0.0346 e. The zero-order valence-corrected chi connectivity index (χ0v) is 25.5. The van der Waals surface area contributed by atoms with Crippen LogP contribution in [0.1, 0.15) is 46.2 Å². The fourth-order valence-electron chi connectivity index (χ4n) is 6.67. The molecule has 0 saturated heterocycles. The Balaban J connectivity index is 0.777. The molecule has 4 nitrogen and oxygen atoms in total. The Kier molecular flexibility index (Phi) is 8.71. The highest BCUT2D eigenvalue weighted by atomic mass is 14.9. The fraction of sp³-hybridized carbons (Fsp3) is 0.250. The molecule has 4 N–H and O–H groups in total. The van der Waals surface area contributed by atoms with Gasteiger partial charge in [-0.2, -0.15) is 0 Å². The van der Waals surface area contributed by atoms with Gasteiger partial charge < -0.3 is 21.3 Å². The summed E-state index contributed by atoms with van der Waals surface area (Å²) in [6.45, 7) is 5.72. The lowest BCUT2D eigenvalue weighted by Crippen LogP contribution is -2.19. The summed E-state index contributed by atoms with van der Waals surface area (Å²) >= 11 is 0. The SMILES string of the molecule is c1cc(CNCCCNc2ccc3c(c2)-c2ccccc2C3)cc(CNCCCNc2ccc3c(c2)-c2ccccc2C3)c1. The third-order valence-electron chi connectivity index (χ3n) is 8.97. The van der Waals surface area contributed by atoms with Crippen LogP contribution in [0.3, 0.4) is 0 Å². The van der Waals surface area contributed by atoms with E-state index in [0.29, 0.717) is 0 Å². The molecule has 0 aliphatic heterocycles. The van der Waals surface area contributed by atoms with Gasteiger partial charge in [0.25, 0.3) is 0 Å². The molecule has 0 radical (unpaired) electrons. The summed E-state index contributed by atoms with van der Waals surface area (Å²) in [6.07, 6.45) is 4.27. The molecule has 44 heavy (non-hydrogen) atoms. The van der Waals surface area contributed by atoms with Gasteiger partial charge >= 0.3 is 0 Å². The van der Waals surface area contributed by atoms with Crippen LogP contribution in [0, 0.1) is 0 Å². The van der Waals surface area contributed by atoms with Gasteiger partial charge in [0, 0.05) is 37.6 Å². The van der Waals surface area contributed by atoms with Crippen LogP contribution < -0.4 is 21.3 Å². The number of anilines is 2. The van der Waals surface area contributed by atoms with Crippen molar-refractivity contribution in [2.45, 2.75) is 38.8 Å². The minimum Gasteiger partial charge on any atom is -0.385 e. The Morgan fingerprint density at radius 3 is 1.41 bits per heavy atom. The first kappa shape index (κ1) is 28.4. The highest BCUT2D eigenvalue weighted by Crippen LogP contribution is 2.38. The van der Waals surface area contributed by atoms with E-state index in [0.717, 1.165) is 65.0 Å². The molecular formula is C40H42N4. The van der Waals surface area contributed by atoms with Gasteiger partial charge in [-0.1, -0.05) is 84.9 Å². The third kappa shape index (κ3) is 6.57. The van der Waals surface area contributed by atoms with Gasteiger partial charge in [-0.05, 0) is 119 Å². The predicted octanol–water partition coefficient (Wildman–Crippen LogP) is 8.01. The summed E-state index contributed by atoms with van der Waals surface area (Å²) in [5, 5.41) is 14.5. The first-order valence-corrected chi connectivity index (χ1v) is 16.2. The van der Waals surface area contributed by atoms with Crippen LogP contribution in [0.5, 0.6) is 0 Å². The zero-order chi connectivity index (χ0) is 29.6. The molecule has 0 saturated carbocycles. The molecular weight excluding hydrogens is 536 g/mol. The van der Waals surface area contributed by atoms with Crippen LogP contribution in [0.4, 0.5) is 11.4 Å². The van der Waals surface area contributed by atoms with E-state index in [1.54, 1.807) is 0 Å². The first-order valence-electron chi connectivity index (χ1n) is 16.2. The van der Waals surface area contributed by atoms with Gasteiger partial charge in [-0.3, -0.25) is 0 Å². The molecule has 0 aromatic heterocycles. The molecule has 2 aliphatic carbocycles. The maximum Gasteiger partial charge on any atom is 0.0346 e. The van der Waals surface area contributed by atoms with E-state index in [2.05, 4.69) is 130 Å². The molecule has 0 fully saturated rings. The quantitative estimate of drug-likeness (QED) is 0.0988. The Morgan fingerprint density at radius 2 is 0.886 bits per heavy atom. The zero-order valence-electron chi connectivity index (χ0n) is 25.5. The van der Waals surface area contributed by atoms with Crippen molar-refractivity contribution in [3.05, 3.63) is 143 Å². The van der Waals surface area contributed by atoms with Gasteiger partial charge in [0.2, 0.25) is 0 Å². The number of fused-ring (bicyclic) bond motifs is 6. The largest absolute Gasteiger partial charge is 0.385 e. The van der Waals surface area contributed by atoms with Crippen LogP contribution in [-0.2, 0) is 25.9 Å². The summed E-state index contributed by atoms with van der Waals surface area (Å²) in [4.78, 5) is 0. The molecule has 0 spiro atoms. The maximum atomic E-state index is 3.62. The molecule has 0 heterocycles. The van der Waals surface area contributed by atoms with Crippen LogP contribution in [-0.4, -0.2) is 26.2 Å². The second-order valence-electron chi connectivity index (χ2n) is 12.1. The fourth-order valence-corrected chi connectivity index (χ4v) is 6.67. The monoisotopic (exact) mass is 578 g/mol. The summed E-state index contributed by atoms with van der Waals surface area (Å²) in [5.74, 6) is 0. The number of benzene rings is 5. The molecule has 222 valence electrons. The molecule has 0 unspecified atom stereocenters. The van der Waals surface area contributed by atoms with E-state index in [4.69, 9.17) is 0 Å². The van der Waals surface area contributed by atoms with Crippen molar-refractivity contribution in [1.82, 2.24) is 10.6 Å². The van der Waals surface area contributed by atoms with Gasteiger partial charge in [-0.15, -0.1) is 0 Å². The summed E-state index contributed by atoms with van der Waals surface area (Å²) < 4.78 is 0. The van der Waals surface area contributed by atoms with E-state index in [1.165, 1.54) is 67.0 Å². The van der Waals surface area contributed by atoms with Crippen LogP contribution in [0.15, 0.2) is 109 Å². The Labute approximate surface area is 261 Å². The average Bonchev–Trinajstić information content (AvgIpc) is 3.62. The second kappa shape index (κ2) is 13.5. The molecule has 4 heteroatoms. The Morgan fingerprint density at radius 1 is 0.409 bits per heavy atom. The van der Waals surface area contributed by atoms with Gasteiger partial charge in [0.1, 0.15) is 0 Å². The molecule has 0 atom stereocenters. The molecule has 7 rings (SSSR count). The van der Waals surface area contributed by atoms with E-state index < -0.39 is 0 Å². The molecule has 2 aliphatic rings. The number of nitrogens with one attached hydrogen (secondary N) is 4. The van der Waals surface area contributed by atoms with Gasteiger partial charge in [0.05, 0.1) is 0 Å². The van der Waals surface area contributed by atoms with Crippen molar-refractivity contribution in [1.29, 1.82) is 0 Å².